The number of benzene rings is 1. The van der Waals surface area contributed by atoms with Gasteiger partial charge in [0.25, 0.3) is 0 Å². The second-order valence-electron chi connectivity index (χ2n) is 6.94. The highest BCUT2D eigenvalue weighted by molar-refractivity contribution is 5.74. The van der Waals surface area contributed by atoms with E-state index in [9.17, 15) is 4.79 Å². The van der Waals surface area contributed by atoms with E-state index in [0.29, 0.717) is 6.61 Å². The summed E-state index contributed by atoms with van der Waals surface area (Å²) in [5.74, 6) is 0.822. The van der Waals surface area contributed by atoms with E-state index in [1.54, 1.807) is 0 Å². The molecule has 1 saturated heterocycles. The zero-order valence-corrected chi connectivity index (χ0v) is 16.0. The van der Waals surface area contributed by atoms with E-state index in [0.717, 1.165) is 56.8 Å². The first-order valence-corrected chi connectivity index (χ1v) is 9.87. The molecule has 0 aliphatic carbocycles. The summed E-state index contributed by atoms with van der Waals surface area (Å²) in [6, 6.07) is 10.0. The minimum atomic E-state index is 0.0668. The van der Waals surface area contributed by atoms with Crippen LogP contribution in [0, 0.1) is 0 Å². The van der Waals surface area contributed by atoms with Gasteiger partial charge in [-0.2, -0.15) is 0 Å². The first-order valence-electron chi connectivity index (χ1n) is 9.87. The molecule has 1 unspecified atom stereocenters. The molecule has 1 aliphatic rings. The van der Waals surface area contributed by atoms with E-state index < -0.39 is 0 Å². The number of amides is 2. The molecule has 2 heterocycles. The Hall–Kier alpha value is -2.57. The van der Waals surface area contributed by atoms with Crippen LogP contribution in [-0.4, -0.2) is 45.1 Å². The Kier molecular flexibility index (Phi) is 7.07. The highest BCUT2D eigenvalue weighted by Crippen LogP contribution is 2.20. The third kappa shape index (κ3) is 5.70. The Morgan fingerprint density at radius 1 is 1.30 bits per heavy atom. The van der Waals surface area contributed by atoms with Crippen molar-refractivity contribution in [3.8, 4) is 5.75 Å². The summed E-state index contributed by atoms with van der Waals surface area (Å²) in [7, 11) is 0. The van der Waals surface area contributed by atoms with Crippen molar-refractivity contribution < 1.29 is 9.53 Å². The number of nitrogens with zero attached hydrogens (tertiary/aromatic N) is 4. The van der Waals surface area contributed by atoms with Crippen molar-refractivity contribution in [1.29, 1.82) is 0 Å². The molecule has 7 heteroatoms. The summed E-state index contributed by atoms with van der Waals surface area (Å²) >= 11 is 0. The molecular weight excluding hydrogens is 342 g/mol. The van der Waals surface area contributed by atoms with Gasteiger partial charge in [-0.15, -0.1) is 5.10 Å². The number of carbonyl (C=O) groups is 1. The smallest absolute Gasteiger partial charge is 0.317 e. The predicted molar refractivity (Wildman–Crippen MR) is 103 cm³/mol. The van der Waals surface area contributed by atoms with Gasteiger partial charge >= 0.3 is 6.03 Å². The van der Waals surface area contributed by atoms with Gasteiger partial charge in [0, 0.05) is 25.7 Å². The number of likely N-dealkylation sites (tertiary alicyclic amines) is 1. The van der Waals surface area contributed by atoms with Crippen LogP contribution in [0.4, 0.5) is 4.79 Å². The number of para-hydroxylation sites is 1. The van der Waals surface area contributed by atoms with Crippen molar-refractivity contribution >= 4 is 6.03 Å². The molecular formula is C20H29N5O2. The number of urea groups is 1. The molecule has 1 fully saturated rings. The van der Waals surface area contributed by atoms with E-state index in [4.69, 9.17) is 4.74 Å². The van der Waals surface area contributed by atoms with Crippen molar-refractivity contribution in [2.24, 2.45) is 0 Å². The molecule has 0 bridgehead atoms. The molecule has 2 amide bonds. The van der Waals surface area contributed by atoms with E-state index in [1.165, 1.54) is 6.42 Å². The molecule has 2 aromatic rings. The van der Waals surface area contributed by atoms with Gasteiger partial charge in [0.15, 0.2) is 0 Å². The number of aromatic nitrogens is 3. The maximum absolute atomic E-state index is 12.4. The maximum Gasteiger partial charge on any atom is 0.317 e. The minimum absolute atomic E-state index is 0.0668. The van der Waals surface area contributed by atoms with Gasteiger partial charge in [-0.1, -0.05) is 30.3 Å². The molecule has 3 rings (SSSR count). The van der Waals surface area contributed by atoms with Crippen molar-refractivity contribution in [1.82, 2.24) is 25.2 Å². The Balaban J connectivity index is 1.48. The first kappa shape index (κ1) is 19.2. The standard InChI is InChI=1S/C20H29N5O2/c1-2-12-21-20(26)25-13-7-6-8-18(25)11-14-24-15-17(22-23-24)16-27-19-9-4-3-5-10-19/h3-5,9-10,15,18H,2,6-8,11-14,16H2,1H3,(H,21,26). The maximum atomic E-state index is 12.4. The van der Waals surface area contributed by atoms with Crippen LogP contribution in [0.5, 0.6) is 5.75 Å². The lowest BCUT2D eigenvalue weighted by Gasteiger charge is -2.35. The summed E-state index contributed by atoms with van der Waals surface area (Å²) in [5.41, 5.74) is 0.806. The monoisotopic (exact) mass is 371 g/mol. The fraction of sp³-hybridized carbons (Fsp3) is 0.550. The quantitative estimate of drug-likeness (QED) is 0.773. The van der Waals surface area contributed by atoms with Crippen molar-refractivity contribution in [2.45, 2.75) is 58.2 Å². The molecule has 7 nitrogen and oxygen atoms in total. The fourth-order valence-corrected chi connectivity index (χ4v) is 3.37. The van der Waals surface area contributed by atoms with E-state index >= 15 is 0 Å². The van der Waals surface area contributed by atoms with Crippen LogP contribution < -0.4 is 10.1 Å². The fourth-order valence-electron chi connectivity index (χ4n) is 3.37. The van der Waals surface area contributed by atoms with Crippen LogP contribution in [0.25, 0.3) is 0 Å². The number of nitrogens with one attached hydrogen (secondary N) is 1. The molecule has 0 radical (unpaired) electrons. The largest absolute Gasteiger partial charge is 0.487 e. The SMILES string of the molecule is CCCNC(=O)N1CCCCC1CCn1cc(COc2ccccc2)nn1. The van der Waals surface area contributed by atoms with Crippen LogP contribution in [0.15, 0.2) is 36.5 Å². The molecule has 0 spiro atoms. The van der Waals surface area contributed by atoms with Crippen LogP contribution in [-0.2, 0) is 13.2 Å². The third-order valence-electron chi connectivity index (χ3n) is 4.82. The number of hydrogen-bond acceptors (Lipinski definition) is 4. The van der Waals surface area contributed by atoms with Gasteiger partial charge in [0.2, 0.25) is 0 Å². The summed E-state index contributed by atoms with van der Waals surface area (Å²) in [6.45, 7) is 4.79. The molecule has 0 saturated carbocycles. The third-order valence-corrected chi connectivity index (χ3v) is 4.82. The van der Waals surface area contributed by atoms with Crippen LogP contribution in [0.3, 0.4) is 0 Å². The summed E-state index contributed by atoms with van der Waals surface area (Å²) in [6.07, 6.45) is 7.08. The minimum Gasteiger partial charge on any atom is -0.487 e. The lowest BCUT2D eigenvalue weighted by molar-refractivity contribution is 0.143. The number of carbonyl (C=O) groups excluding carboxylic acids is 1. The van der Waals surface area contributed by atoms with Crippen LogP contribution >= 0.6 is 0 Å². The van der Waals surface area contributed by atoms with Gasteiger partial charge < -0.3 is 15.0 Å². The normalized spacial score (nSPS) is 16.9. The van der Waals surface area contributed by atoms with Crippen molar-refractivity contribution in [3.05, 3.63) is 42.2 Å². The second kappa shape index (κ2) is 9.94. The molecule has 146 valence electrons. The Labute approximate surface area is 160 Å². The summed E-state index contributed by atoms with van der Waals surface area (Å²) < 4.78 is 7.56. The molecule has 1 atom stereocenters. The van der Waals surface area contributed by atoms with Crippen molar-refractivity contribution in [3.63, 3.8) is 0 Å². The molecule has 1 aromatic heterocycles. The van der Waals surface area contributed by atoms with E-state index in [2.05, 4.69) is 22.6 Å². The molecule has 1 aliphatic heterocycles. The topological polar surface area (TPSA) is 72.3 Å². The van der Waals surface area contributed by atoms with Gasteiger partial charge in [0.05, 0.1) is 6.20 Å². The highest BCUT2D eigenvalue weighted by Gasteiger charge is 2.26. The van der Waals surface area contributed by atoms with Gasteiger partial charge in [-0.05, 0) is 44.2 Å². The lowest BCUT2D eigenvalue weighted by Crippen LogP contribution is -2.49. The predicted octanol–water partition coefficient (Wildman–Crippen LogP) is 3.22. The number of hydrogen-bond donors (Lipinski definition) is 1. The van der Waals surface area contributed by atoms with Gasteiger partial charge in [-0.3, -0.25) is 4.68 Å². The Morgan fingerprint density at radius 3 is 2.96 bits per heavy atom. The van der Waals surface area contributed by atoms with Crippen LogP contribution in [0.2, 0.25) is 0 Å². The Morgan fingerprint density at radius 2 is 2.15 bits per heavy atom. The number of piperidine rings is 1. The average molecular weight is 371 g/mol. The average Bonchev–Trinajstić information content (AvgIpc) is 3.18. The van der Waals surface area contributed by atoms with E-state index in [1.807, 2.05) is 46.1 Å². The molecule has 1 aromatic carbocycles. The lowest BCUT2D eigenvalue weighted by atomic mass is 10.00. The zero-order valence-electron chi connectivity index (χ0n) is 16.0. The summed E-state index contributed by atoms with van der Waals surface area (Å²) in [5, 5.41) is 11.4. The highest BCUT2D eigenvalue weighted by atomic mass is 16.5. The van der Waals surface area contributed by atoms with Crippen molar-refractivity contribution in [2.75, 3.05) is 13.1 Å². The first-order chi connectivity index (χ1) is 13.3. The van der Waals surface area contributed by atoms with Crippen LogP contribution in [0.1, 0.15) is 44.7 Å². The number of ether oxygens (including phenoxy) is 1. The zero-order chi connectivity index (χ0) is 18.9. The van der Waals surface area contributed by atoms with E-state index in [-0.39, 0.29) is 12.1 Å². The second-order valence-corrected chi connectivity index (χ2v) is 6.94. The summed E-state index contributed by atoms with van der Waals surface area (Å²) in [4.78, 5) is 14.4. The Bertz CT molecular complexity index is 703. The number of aryl methyl sites for hydroxylation is 1. The molecule has 27 heavy (non-hydrogen) atoms. The van der Waals surface area contributed by atoms with Gasteiger partial charge in [-0.25, -0.2) is 4.79 Å². The molecule has 1 N–H and O–H groups in total. The van der Waals surface area contributed by atoms with Gasteiger partial charge in [0.1, 0.15) is 18.1 Å². The number of rotatable bonds is 8.